The first-order chi connectivity index (χ1) is 8.82. The Kier molecular flexibility index (Phi) is 3.88. The molecule has 1 heterocycles. The molecular formula is C16H20BrNO. The Hall–Kier alpha value is -1.06. The maximum absolute atomic E-state index is 6.48. The van der Waals surface area contributed by atoms with Gasteiger partial charge in [0.05, 0.1) is 6.04 Å². The molecule has 2 N–H and O–H groups in total. The number of hydrogen-bond acceptors (Lipinski definition) is 2. The predicted molar refractivity (Wildman–Crippen MR) is 82.6 cm³/mol. The van der Waals surface area contributed by atoms with Gasteiger partial charge in [0.25, 0.3) is 0 Å². The van der Waals surface area contributed by atoms with Gasteiger partial charge >= 0.3 is 0 Å². The first kappa shape index (κ1) is 14.4. The fraction of sp³-hybridized carbons (Fsp3) is 0.375. The number of hydrogen-bond donors (Lipinski definition) is 1. The molecule has 1 aromatic heterocycles. The Balaban J connectivity index is 2.56. The van der Waals surface area contributed by atoms with Gasteiger partial charge in [-0.3, -0.25) is 0 Å². The van der Waals surface area contributed by atoms with E-state index in [2.05, 4.69) is 48.8 Å². The zero-order valence-corrected chi connectivity index (χ0v) is 13.7. The number of rotatable bonds is 2. The van der Waals surface area contributed by atoms with Crippen molar-refractivity contribution < 1.29 is 4.42 Å². The SMILES string of the molecule is Cc1cc(C(N)c2c(C)oc(C)c2C)c(C)cc1Br. The Morgan fingerprint density at radius 2 is 1.63 bits per heavy atom. The van der Waals surface area contributed by atoms with Gasteiger partial charge in [-0.1, -0.05) is 22.0 Å². The molecule has 0 spiro atoms. The van der Waals surface area contributed by atoms with Crippen molar-refractivity contribution in [1.82, 2.24) is 0 Å². The van der Waals surface area contributed by atoms with Crippen LogP contribution in [0.5, 0.6) is 0 Å². The van der Waals surface area contributed by atoms with Gasteiger partial charge in [-0.2, -0.15) is 0 Å². The third kappa shape index (κ3) is 2.49. The lowest BCUT2D eigenvalue weighted by Gasteiger charge is -2.17. The minimum Gasteiger partial charge on any atom is -0.466 e. The fourth-order valence-corrected chi connectivity index (χ4v) is 3.02. The average Bonchev–Trinajstić information content (AvgIpc) is 2.57. The van der Waals surface area contributed by atoms with Crippen LogP contribution >= 0.6 is 15.9 Å². The molecule has 0 bridgehead atoms. The molecule has 0 saturated heterocycles. The smallest absolute Gasteiger partial charge is 0.106 e. The molecule has 102 valence electrons. The highest BCUT2D eigenvalue weighted by Crippen LogP contribution is 2.33. The van der Waals surface area contributed by atoms with E-state index in [1.54, 1.807) is 0 Å². The highest BCUT2D eigenvalue weighted by Gasteiger charge is 2.21. The average molecular weight is 322 g/mol. The lowest BCUT2D eigenvalue weighted by molar-refractivity contribution is 0.498. The van der Waals surface area contributed by atoms with Crippen molar-refractivity contribution in [3.05, 3.63) is 55.9 Å². The normalized spacial score (nSPS) is 12.8. The van der Waals surface area contributed by atoms with E-state index >= 15 is 0 Å². The van der Waals surface area contributed by atoms with Crippen molar-refractivity contribution in [2.75, 3.05) is 0 Å². The summed E-state index contributed by atoms with van der Waals surface area (Å²) < 4.78 is 6.82. The van der Waals surface area contributed by atoms with Crippen LogP contribution in [0.1, 0.15) is 45.4 Å². The minimum atomic E-state index is -0.135. The number of benzene rings is 1. The summed E-state index contributed by atoms with van der Waals surface area (Å²) >= 11 is 3.56. The largest absolute Gasteiger partial charge is 0.466 e. The Bertz CT molecular complexity index is 628. The van der Waals surface area contributed by atoms with E-state index in [1.165, 1.54) is 11.1 Å². The molecule has 0 aliphatic rings. The Morgan fingerprint density at radius 3 is 2.16 bits per heavy atom. The zero-order valence-electron chi connectivity index (χ0n) is 12.1. The minimum absolute atomic E-state index is 0.135. The van der Waals surface area contributed by atoms with Crippen LogP contribution in [0.2, 0.25) is 0 Å². The van der Waals surface area contributed by atoms with Gasteiger partial charge < -0.3 is 10.2 Å². The number of halogens is 1. The number of furan rings is 1. The van der Waals surface area contributed by atoms with Crippen molar-refractivity contribution in [2.24, 2.45) is 5.73 Å². The molecule has 1 unspecified atom stereocenters. The molecule has 1 aromatic carbocycles. The third-order valence-electron chi connectivity index (χ3n) is 3.81. The summed E-state index contributed by atoms with van der Waals surface area (Å²) in [6.45, 7) is 10.2. The summed E-state index contributed by atoms with van der Waals surface area (Å²) in [6.07, 6.45) is 0. The van der Waals surface area contributed by atoms with E-state index in [9.17, 15) is 0 Å². The summed E-state index contributed by atoms with van der Waals surface area (Å²) in [7, 11) is 0. The highest BCUT2D eigenvalue weighted by molar-refractivity contribution is 9.10. The van der Waals surface area contributed by atoms with Crippen LogP contribution in [0.15, 0.2) is 21.0 Å². The molecule has 2 rings (SSSR count). The second-order valence-corrected chi connectivity index (χ2v) is 6.04. The lowest BCUT2D eigenvalue weighted by atomic mass is 9.92. The maximum atomic E-state index is 6.48. The standard InChI is InChI=1S/C16H20BrNO/c1-8-7-14(17)9(2)6-13(8)16(18)15-10(3)11(4)19-12(15)5/h6-7,16H,18H2,1-5H3. The highest BCUT2D eigenvalue weighted by atomic mass is 79.9. The lowest BCUT2D eigenvalue weighted by Crippen LogP contribution is -2.15. The molecule has 3 heteroatoms. The van der Waals surface area contributed by atoms with Crippen LogP contribution in [0, 0.1) is 34.6 Å². The summed E-state index contributed by atoms with van der Waals surface area (Å²) in [6, 6.07) is 4.15. The first-order valence-corrected chi connectivity index (χ1v) is 7.21. The van der Waals surface area contributed by atoms with Crippen LogP contribution in [-0.4, -0.2) is 0 Å². The second-order valence-electron chi connectivity index (χ2n) is 5.19. The summed E-state index contributed by atoms with van der Waals surface area (Å²) in [5.41, 5.74) is 12.3. The van der Waals surface area contributed by atoms with E-state index in [0.29, 0.717) is 0 Å². The van der Waals surface area contributed by atoms with Gasteiger partial charge in [0.2, 0.25) is 0 Å². The van der Waals surface area contributed by atoms with Gasteiger partial charge in [0.1, 0.15) is 11.5 Å². The van der Waals surface area contributed by atoms with Gasteiger partial charge in [0, 0.05) is 10.0 Å². The second kappa shape index (κ2) is 5.14. The molecule has 1 atom stereocenters. The molecular weight excluding hydrogens is 302 g/mol. The summed E-state index contributed by atoms with van der Waals surface area (Å²) in [5, 5.41) is 0. The molecule has 19 heavy (non-hydrogen) atoms. The monoisotopic (exact) mass is 321 g/mol. The van der Waals surface area contributed by atoms with E-state index in [4.69, 9.17) is 10.2 Å². The first-order valence-electron chi connectivity index (χ1n) is 6.41. The molecule has 0 radical (unpaired) electrons. The molecule has 2 nitrogen and oxygen atoms in total. The van der Waals surface area contributed by atoms with Gasteiger partial charge in [-0.25, -0.2) is 0 Å². The molecule has 0 saturated carbocycles. The van der Waals surface area contributed by atoms with Gasteiger partial charge in [-0.05, 0) is 62.9 Å². The Morgan fingerprint density at radius 1 is 1.00 bits per heavy atom. The van der Waals surface area contributed by atoms with Crippen LogP contribution in [0.4, 0.5) is 0 Å². The van der Waals surface area contributed by atoms with Crippen LogP contribution < -0.4 is 5.73 Å². The van der Waals surface area contributed by atoms with Crippen molar-refractivity contribution >= 4 is 15.9 Å². The van der Waals surface area contributed by atoms with E-state index in [1.807, 2.05) is 13.8 Å². The molecule has 0 fully saturated rings. The van der Waals surface area contributed by atoms with Gasteiger partial charge in [-0.15, -0.1) is 0 Å². The van der Waals surface area contributed by atoms with Crippen molar-refractivity contribution in [2.45, 2.75) is 40.7 Å². The molecule has 0 aliphatic heterocycles. The molecule has 2 aromatic rings. The third-order valence-corrected chi connectivity index (χ3v) is 4.67. The molecule has 0 amide bonds. The summed E-state index contributed by atoms with van der Waals surface area (Å²) in [5.74, 6) is 1.87. The van der Waals surface area contributed by atoms with Crippen LogP contribution in [0.25, 0.3) is 0 Å². The fourth-order valence-electron chi connectivity index (χ4n) is 2.56. The van der Waals surface area contributed by atoms with Crippen molar-refractivity contribution in [1.29, 1.82) is 0 Å². The van der Waals surface area contributed by atoms with Crippen LogP contribution in [0.3, 0.4) is 0 Å². The number of nitrogens with two attached hydrogens (primary N) is 1. The van der Waals surface area contributed by atoms with Crippen molar-refractivity contribution in [3.63, 3.8) is 0 Å². The van der Waals surface area contributed by atoms with Gasteiger partial charge in [0.15, 0.2) is 0 Å². The Labute approximate surface area is 123 Å². The quantitative estimate of drug-likeness (QED) is 0.875. The topological polar surface area (TPSA) is 39.2 Å². The predicted octanol–water partition coefficient (Wildman–Crippen LogP) is 4.63. The van der Waals surface area contributed by atoms with Crippen molar-refractivity contribution in [3.8, 4) is 0 Å². The van der Waals surface area contributed by atoms with E-state index in [0.717, 1.165) is 32.7 Å². The number of aryl methyl sites for hydroxylation is 4. The maximum Gasteiger partial charge on any atom is 0.106 e. The molecule has 0 aliphatic carbocycles. The van der Waals surface area contributed by atoms with E-state index < -0.39 is 0 Å². The van der Waals surface area contributed by atoms with E-state index in [-0.39, 0.29) is 6.04 Å². The summed E-state index contributed by atoms with van der Waals surface area (Å²) in [4.78, 5) is 0. The van der Waals surface area contributed by atoms with Crippen LogP contribution in [-0.2, 0) is 0 Å². The zero-order chi connectivity index (χ0) is 14.3.